The van der Waals surface area contributed by atoms with Gasteiger partial charge in [0.2, 0.25) is 0 Å². The van der Waals surface area contributed by atoms with Crippen LogP contribution in [-0.2, 0) is 6.54 Å². The van der Waals surface area contributed by atoms with E-state index >= 15 is 0 Å². The molecular formula is C13H14F2N2O. The second-order valence-corrected chi connectivity index (χ2v) is 3.95. The van der Waals surface area contributed by atoms with Crippen LogP contribution in [0.2, 0.25) is 0 Å². The molecule has 18 heavy (non-hydrogen) atoms. The topological polar surface area (TPSA) is 38.1 Å². The van der Waals surface area contributed by atoms with Crippen molar-refractivity contribution < 1.29 is 13.3 Å². The zero-order valence-electron chi connectivity index (χ0n) is 10.0. The molecule has 2 rings (SSSR count). The first-order chi connectivity index (χ1) is 8.74. The van der Waals surface area contributed by atoms with Gasteiger partial charge in [0.25, 0.3) is 0 Å². The SMILES string of the molecule is CCCNCc1cnoc1-c1c(F)cccc1F. The number of nitrogens with zero attached hydrogens (tertiary/aromatic N) is 1. The second kappa shape index (κ2) is 5.73. The van der Waals surface area contributed by atoms with E-state index in [1.807, 2.05) is 6.92 Å². The first kappa shape index (κ1) is 12.7. The molecule has 1 N–H and O–H groups in total. The molecule has 0 radical (unpaired) electrons. The molecule has 0 amide bonds. The maximum Gasteiger partial charge on any atom is 0.177 e. The van der Waals surface area contributed by atoms with E-state index in [0.29, 0.717) is 12.1 Å². The number of benzene rings is 1. The summed E-state index contributed by atoms with van der Waals surface area (Å²) in [6.07, 6.45) is 2.46. The van der Waals surface area contributed by atoms with E-state index < -0.39 is 11.6 Å². The summed E-state index contributed by atoms with van der Waals surface area (Å²) in [6, 6.07) is 3.72. The first-order valence-electron chi connectivity index (χ1n) is 5.82. The van der Waals surface area contributed by atoms with Crippen LogP contribution in [0.1, 0.15) is 18.9 Å². The van der Waals surface area contributed by atoms with Crippen molar-refractivity contribution in [3.8, 4) is 11.3 Å². The largest absolute Gasteiger partial charge is 0.356 e. The van der Waals surface area contributed by atoms with Crippen molar-refractivity contribution in [1.82, 2.24) is 10.5 Å². The fourth-order valence-electron chi connectivity index (χ4n) is 1.71. The summed E-state index contributed by atoms with van der Waals surface area (Å²) in [5, 5.41) is 6.75. The Morgan fingerprint density at radius 3 is 2.67 bits per heavy atom. The minimum atomic E-state index is -0.650. The van der Waals surface area contributed by atoms with E-state index in [1.165, 1.54) is 24.4 Å². The van der Waals surface area contributed by atoms with Crippen molar-refractivity contribution >= 4 is 0 Å². The molecule has 1 heterocycles. The minimum absolute atomic E-state index is 0.147. The van der Waals surface area contributed by atoms with Crippen molar-refractivity contribution in [3.05, 3.63) is 41.6 Å². The highest BCUT2D eigenvalue weighted by atomic mass is 19.1. The average molecular weight is 252 g/mol. The maximum atomic E-state index is 13.6. The number of hydrogen-bond donors (Lipinski definition) is 1. The summed E-state index contributed by atoms with van der Waals surface area (Å²) in [4.78, 5) is 0. The quantitative estimate of drug-likeness (QED) is 0.831. The molecule has 5 heteroatoms. The van der Waals surface area contributed by atoms with E-state index in [2.05, 4.69) is 10.5 Å². The van der Waals surface area contributed by atoms with E-state index in [9.17, 15) is 8.78 Å². The zero-order valence-corrected chi connectivity index (χ0v) is 10.0. The van der Waals surface area contributed by atoms with Gasteiger partial charge in [-0.15, -0.1) is 0 Å². The lowest BCUT2D eigenvalue weighted by atomic mass is 10.1. The summed E-state index contributed by atoms with van der Waals surface area (Å²) in [5.41, 5.74) is 0.482. The Balaban J connectivity index is 2.31. The van der Waals surface area contributed by atoms with Crippen LogP contribution >= 0.6 is 0 Å². The number of aromatic nitrogens is 1. The monoisotopic (exact) mass is 252 g/mol. The fraction of sp³-hybridized carbons (Fsp3) is 0.308. The molecule has 0 aliphatic carbocycles. The Bertz CT molecular complexity index is 505. The lowest BCUT2D eigenvalue weighted by Crippen LogP contribution is -2.13. The second-order valence-electron chi connectivity index (χ2n) is 3.95. The van der Waals surface area contributed by atoms with Crippen LogP contribution in [0, 0.1) is 11.6 Å². The molecule has 0 spiro atoms. The van der Waals surface area contributed by atoms with Gasteiger partial charge >= 0.3 is 0 Å². The van der Waals surface area contributed by atoms with Crippen LogP contribution in [-0.4, -0.2) is 11.7 Å². The Hall–Kier alpha value is -1.75. The van der Waals surface area contributed by atoms with Crippen LogP contribution in [0.15, 0.2) is 28.9 Å². The number of halogens is 2. The van der Waals surface area contributed by atoms with Crippen molar-refractivity contribution in [3.63, 3.8) is 0 Å². The molecule has 96 valence electrons. The summed E-state index contributed by atoms with van der Waals surface area (Å²) in [7, 11) is 0. The molecule has 3 nitrogen and oxygen atoms in total. The van der Waals surface area contributed by atoms with Crippen molar-refractivity contribution in [2.75, 3.05) is 6.54 Å². The summed E-state index contributed by atoms with van der Waals surface area (Å²) >= 11 is 0. The lowest BCUT2D eigenvalue weighted by molar-refractivity contribution is 0.425. The van der Waals surface area contributed by atoms with Gasteiger partial charge in [-0.2, -0.15) is 0 Å². The molecule has 1 aromatic heterocycles. The Kier molecular flexibility index (Phi) is 4.04. The predicted molar refractivity (Wildman–Crippen MR) is 63.9 cm³/mol. The van der Waals surface area contributed by atoms with Gasteiger partial charge in [-0.05, 0) is 25.1 Å². The lowest BCUT2D eigenvalue weighted by Gasteiger charge is -2.04. The minimum Gasteiger partial charge on any atom is -0.356 e. The molecule has 0 unspecified atom stereocenters. The standard InChI is InChI=1S/C13H14F2N2O/c1-2-6-16-7-9-8-17-18-13(9)12-10(14)4-3-5-11(12)15/h3-5,8,16H,2,6-7H2,1H3. The summed E-state index contributed by atoms with van der Waals surface area (Å²) < 4.78 is 32.2. The highest BCUT2D eigenvalue weighted by Crippen LogP contribution is 2.28. The van der Waals surface area contributed by atoms with Gasteiger partial charge < -0.3 is 9.84 Å². The number of nitrogens with one attached hydrogen (secondary N) is 1. The molecule has 0 fully saturated rings. The molecule has 0 saturated heterocycles. The van der Waals surface area contributed by atoms with Gasteiger partial charge in [-0.25, -0.2) is 8.78 Å². The van der Waals surface area contributed by atoms with Crippen LogP contribution in [0.3, 0.4) is 0 Å². The Labute approximate surface area is 104 Å². The van der Waals surface area contributed by atoms with Crippen LogP contribution < -0.4 is 5.32 Å². The van der Waals surface area contributed by atoms with Gasteiger partial charge in [-0.1, -0.05) is 18.1 Å². The molecule has 0 saturated carbocycles. The van der Waals surface area contributed by atoms with E-state index in [1.54, 1.807) is 0 Å². The van der Waals surface area contributed by atoms with Gasteiger partial charge in [-0.3, -0.25) is 0 Å². The zero-order chi connectivity index (χ0) is 13.0. The number of hydrogen-bond acceptors (Lipinski definition) is 3. The smallest absolute Gasteiger partial charge is 0.177 e. The van der Waals surface area contributed by atoms with E-state index in [4.69, 9.17) is 4.52 Å². The highest BCUT2D eigenvalue weighted by Gasteiger charge is 2.18. The molecule has 0 aliphatic rings. The van der Waals surface area contributed by atoms with Crippen molar-refractivity contribution in [1.29, 1.82) is 0 Å². The third-order valence-electron chi connectivity index (χ3n) is 2.58. The van der Waals surface area contributed by atoms with Gasteiger partial charge in [0, 0.05) is 12.1 Å². The Morgan fingerprint density at radius 2 is 2.00 bits per heavy atom. The first-order valence-corrected chi connectivity index (χ1v) is 5.82. The number of rotatable bonds is 5. The van der Waals surface area contributed by atoms with Crippen molar-refractivity contribution in [2.24, 2.45) is 0 Å². The van der Waals surface area contributed by atoms with Gasteiger partial charge in [0.1, 0.15) is 11.6 Å². The highest BCUT2D eigenvalue weighted by molar-refractivity contribution is 5.62. The van der Waals surface area contributed by atoms with E-state index in [0.717, 1.165) is 13.0 Å². The summed E-state index contributed by atoms with van der Waals surface area (Å²) in [5.74, 6) is -1.15. The molecule has 0 bridgehead atoms. The average Bonchev–Trinajstić information content (AvgIpc) is 2.78. The predicted octanol–water partition coefficient (Wildman–Crippen LogP) is 3.12. The van der Waals surface area contributed by atoms with E-state index in [-0.39, 0.29) is 11.3 Å². The molecular weight excluding hydrogens is 238 g/mol. The normalized spacial score (nSPS) is 10.8. The van der Waals surface area contributed by atoms with Crippen LogP contribution in [0.5, 0.6) is 0 Å². The third-order valence-corrected chi connectivity index (χ3v) is 2.58. The van der Waals surface area contributed by atoms with Crippen LogP contribution in [0.25, 0.3) is 11.3 Å². The molecule has 2 aromatic rings. The fourth-order valence-corrected chi connectivity index (χ4v) is 1.71. The molecule has 0 atom stereocenters. The Morgan fingerprint density at radius 1 is 1.28 bits per heavy atom. The molecule has 1 aromatic carbocycles. The molecule has 0 aliphatic heterocycles. The maximum absolute atomic E-state index is 13.6. The summed E-state index contributed by atoms with van der Waals surface area (Å²) in [6.45, 7) is 3.34. The van der Waals surface area contributed by atoms with Gasteiger partial charge in [0.05, 0.1) is 11.8 Å². The van der Waals surface area contributed by atoms with Crippen molar-refractivity contribution in [2.45, 2.75) is 19.9 Å². The van der Waals surface area contributed by atoms with Gasteiger partial charge in [0.15, 0.2) is 5.76 Å². The third kappa shape index (κ3) is 2.56. The van der Waals surface area contributed by atoms with Crippen LogP contribution in [0.4, 0.5) is 8.78 Å².